The van der Waals surface area contributed by atoms with Gasteiger partial charge in [-0.2, -0.15) is 0 Å². The maximum absolute atomic E-state index is 12.7. The number of methoxy groups -OCH3 is 1. The molecule has 10 nitrogen and oxygen atoms in total. The SMILES string of the molecule is COC(=O)[C@H](Cc1ccccc1)NC(=O)NCc1ccc([C@@H]2O[C@H](CSc3ncccn3)[C@H](C)[C@H](c3ccc(CO)cc3)O2)cc1. The number of urea groups is 1. The van der Waals surface area contributed by atoms with E-state index in [0.29, 0.717) is 17.3 Å². The Morgan fingerprint density at radius 3 is 2.24 bits per heavy atom. The fourth-order valence-corrected chi connectivity index (χ4v) is 6.16. The van der Waals surface area contributed by atoms with Crippen LogP contribution in [0.15, 0.2) is 102 Å². The second-order valence-electron chi connectivity index (χ2n) is 11.0. The molecule has 5 rings (SSSR count). The van der Waals surface area contributed by atoms with Crippen molar-refractivity contribution in [1.29, 1.82) is 0 Å². The molecule has 0 bridgehead atoms. The Morgan fingerprint density at radius 2 is 1.57 bits per heavy atom. The zero-order valence-corrected chi connectivity index (χ0v) is 26.6. The predicted molar refractivity (Wildman–Crippen MR) is 173 cm³/mol. The van der Waals surface area contributed by atoms with Crippen molar-refractivity contribution < 1.29 is 28.9 Å². The lowest BCUT2D eigenvalue weighted by Crippen LogP contribution is -2.47. The third kappa shape index (κ3) is 8.91. The van der Waals surface area contributed by atoms with Gasteiger partial charge in [0.15, 0.2) is 11.4 Å². The standard InChI is InChI=1S/C35H38N4O6S/c1-23-30(22-46-35-36-17-6-18-37-35)44-33(45-31(23)27-13-11-26(21-40)12-14-27)28-15-9-25(10-16-28)20-38-34(42)39-29(32(41)43-2)19-24-7-4-3-5-8-24/h3-18,23,29-31,33,40H,19-22H2,1-2H3,(H2,38,39,42)/t23-,29-,30+,31+,33+/m0/s1. The summed E-state index contributed by atoms with van der Waals surface area (Å²) in [4.78, 5) is 33.7. The van der Waals surface area contributed by atoms with Crippen molar-refractivity contribution in [2.75, 3.05) is 12.9 Å². The summed E-state index contributed by atoms with van der Waals surface area (Å²) >= 11 is 1.54. The van der Waals surface area contributed by atoms with Crippen molar-refractivity contribution in [2.24, 2.45) is 5.92 Å². The molecule has 240 valence electrons. The van der Waals surface area contributed by atoms with Gasteiger partial charge in [-0.1, -0.05) is 97.5 Å². The lowest BCUT2D eigenvalue weighted by molar-refractivity contribution is -0.268. The normalized spacial score (nSPS) is 20.0. The maximum Gasteiger partial charge on any atom is 0.328 e. The number of nitrogens with one attached hydrogen (secondary N) is 2. The van der Waals surface area contributed by atoms with E-state index in [1.54, 1.807) is 18.5 Å². The highest BCUT2D eigenvalue weighted by Crippen LogP contribution is 2.42. The molecule has 1 aliphatic rings. The zero-order valence-electron chi connectivity index (χ0n) is 25.7. The molecule has 11 heteroatoms. The Kier molecular flexibility index (Phi) is 11.7. The average Bonchev–Trinajstić information content (AvgIpc) is 3.11. The molecular formula is C35H38N4O6S. The first kappa shape index (κ1) is 33.1. The number of nitrogens with zero attached hydrogens (tertiary/aromatic N) is 2. The Bertz CT molecular complexity index is 1540. The highest BCUT2D eigenvalue weighted by molar-refractivity contribution is 7.99. The van der Waals surface area contributed by atoms with E-state index in [4.69, 9.17) is 14.2 Å². The number of thioether (sulfide) groups is 1. The minimum Gasteiger partial charge on any atom is -0.467 e. The molecule has 4 aromatic rings. The third-order valence-electron chi connectivity index (χ3n) is 7.82. The molecule has 5 atom stereocenters. The van der Waals surface area contributed by atoms with E-state index in [-0.39, 0.29) is 31.3 Å². The number of aromatic nitrogens is 2. The van der Waals surface area contributed by atoms with Crippen LogP contribution in [0.4, 0.5) is 4.79 Å². The van der Waals surface area contributed by atoms with Gasteiger partial charge in [-0.05, 0) is 28.3 Å². The fraction of sp³-hybridized carbons (Fsp3) is 0.314. The van der Waals surface area contributed by atoms with Crippen molar-refractivity contribution >= 4 is 23.8 Å². The van der Waals surface area contributed by atoms with E-state index in [1.165, 1.54) is 18.9 Å². The first-order valence-corrected chi connectivity index (χ1v) is 16.1. The molecule has 3 N–H and O–H groups in total. The smallest absolute Gasteiger partial charge is 0.328 e. The molecule has 0 spiro atoms. The summed E-state index contributed by atoms with van der Waals surface area (Å²) in [7, 11) is 1.30. The molecule has 46 heavy (non-hydrogen) atoms. The van der Waals surface area contributed by atoms with Gasteiger partial charge in [0, 0.05) is 42.6 Å². The van der Waals surface area contributed by atoms with Crippen LogP contribution in [0.3, 0.4) is 0 Å². The summed E-state index contributed by atoms with van der Waals surface area (Å²) in [5.74, 6) is 0.162. The minimum absolute atomic E-state index is 0.0220. The maximum atomic E-state index is 12.7. The molecule has 3 aromatic carbocycles. The van der Waals surface area contributed by atoms with Crippen LogP contribution in [0.1, 0.15) is 47.1 Å². The average molecular weight is 643 g/mol. The minimum atomic E-state index is -0.815. The summed E-state index contributed by atoms with van der Waals surface area (Å²) in [6, 6.07) is 25.4. The van der Waals surface area contributed by atoms with Crippen LogP contribution in [0.2, 0.25) is 0 Å². The van der Waals surface area contributed by atoms with Gasteiger partial charge in [-0.25, -0.2) is 19.6 Å². The summed E-state index contributed by atoms with van der Waals surface area (Å²) in [6.45, 7) is 2.35. The van der Waals surface area contributed by atoms with Crippen molar-refractivity contribution in [3.05, 3.63) is 125 Å². The van der Waals surface area contributed by atoms with Gasteiger partial charge >= 0.3 is 12.0 Å². The van der Waals surface area contributed by atoms with E-state index in [2.05, 4.69) is 27.5 Å². The van der Waals surface area contributed by atoms with Crippen LogP contribution in [0.5, 0.6) is 0 Å². The van der Waals surface area contributed by atoms with Gasteiger partial charge in [0.1, 0.15) is 6.04 Å². The van der Waals surface area contributed by atoms with Crippen LogP contribution >= 0.6 is 11.8 Å². The van der Waals surface area contributed by atoms with Crippen molar-refractivity contribution in [1.82, 2.24) is 20.6 Å². The van der Waals surface area contributed by atoms with Crippen molar-refractivity contribution in [3.63, 3.8) is 0 Å². The van der Waals surface area contributed by atoms with E-state index in [0.717, 1.165) is 27.8 Å². The Morgan fingerprint density at radius 1 is 0.891 bits per heavy atom. The number of carbonyl (C=O) groups excluding carboxylic acids is 2. The fourth-order valence-electron chi connectivity index (χ4n) is 5.20. The quantitative estimate of drug-likeness (QED) is 0.109. The highest BCUT2D eigenvalue weighted by atomic mass is 32.2. The largest absolute Gasteiger partial charge is 0.467 e. The molecule has 2 amide bonds. The van der Waals surface area contributed by atoms with Crippen LogP contribution in [0, 0.1) is 5.92 Å². The lowest BCUT2D eigenvalue weighted by Gasteiger charge is -2.41. The number of rotatable bonds is 12. The monoisotopic (exact) mass is 642 g/mol. The van der Waals surface area contributed by atoms with E-state index in [9.17, 15) is 14.7 Å². The second kappa shape index (κ2) is 16.3. The number of aliphatic hydroxyl groups is 1. The highest BCUT2D eigenvalue weighted by Gasteiger charge is 2.38. The third-order valence-corrected chi connectivity index (χ3v) is 8.79. The second-order valence-corrected chi connectivity index (χ2v) is 12.0. The van der Waals surface area contributed by atoms with Gasteiger partial charge in [0.2, 0.25) is 0 Å². The summed E-state index contributed by atoms with van der Waals surface area (Å²) in [5.41, 5.74) is 4.47. The van der Waals surface area contributed by atoms with E-state index < -0.39 is 24.3 Å². The van der Waals surface area contributed by atoms with Gasteiger partial charge in [-0.15, -0.1) is 0 Å². The van der Waals surface area contributed by atoms with Crippen LogP contribution in [-0.4, -0.2) is 52.1 Å². The predicted octanol–water partition coefficient (Wildman–Crippen LogP) is 5.14. The zero-order chi connectivity index (χ0) is 32.3. The summed E-state index contributed by atoms with van der Waals surface area (Å²) in [6.07, 6.45) is 2.75. The number of hydrogen-bond donors (Lipinski definition) is 3. The lowest BCUT2D eigenvalue weighted by atomic mass is 9.91. The molecule has 1 aliphatic heterocycles. The number of amides is 2. The van der Waals surface area contributed by atoms with E-state index >= 15 is 0 Å². The number of benzene rings is 3. The molecule has 1 saturated heterocycles. The molecule has 0 unspecified atom stereocenters. The molecular weight excluding hydrogens is 604 g/mol. The Hall–Kier alpha value is -4.29. The van der Waals surface area contributed by atoms with E-state index in [1.807, 2.05) is 78.9 Å². The molecule has 2 heterocycles. The molecule has 0 aliphatic carbocycles. The first-order chi connectivity index (χ1) is 22.4. The van der Waals surface area contributed by atoms with Crippen LogP contribution in [-0.2, 0) is 38.6 Å². The van der Waals surface area contributed by atoms with Crippen LogP contribution < -0.4 is 10.6 Å². The Balaban J connectivity index is 1.23. The summed E-state index contributed by atoms with van der Waals surface area (Å²) in [5, 5.41) is 15.7. The molecule has 0 saturated carbocycles. The van der Waals surface area contributed by atoms with Crippen molar-refractivity contribution in [3.8, 4) is 0 Å². The number of ether oxygens (including phenoxy) is 3. The van der Waals surface area contributed by atoms with Gasteiger partial charge in [-0.3, -0.25) is 0 Å². The Labute approximate surface area is 272 Å². The van der Waals surface area contributed by atoms with Gasteiger partial charge in [0.25, 0.3) is 0 Å². The number of hydrogen-bond acceptors (Lipinski definition) is 9. The van der Waals surface area contributed by atoms with Gasteiger partial charge < -0.3 is 30.0 Å². The van der Waals surface area contributed by atoms with Crippen molar-refractivity contribution in [2.45, 2.75) is 56.2 Å². The van der Waals surface area contributed by atoms with Gasteiger partial charge in [0.05, 0.1) is 25.9 Å². The first-order valence-electron chi connectivity index (χ1n) is 15.1. The number of carbonyl (C=O) groups is 2. The summed E-state index contributed by atoms with van der Waals surface area (Å²) < 4.78 is 17.9. The topological polar surface area (TPSA) is 132 Å². The number of aliphatic hydroxyl groups excluding tert-OH is 1. The molecule has 0 radical (unpaired) electrons. The van der Waals surface area contributed by atoms with Crippen LogP contribution in [0.25, 0.3) is 0 Å². The molecule has 1 aromatic heterocycles. The number of esters is 1. The molecule has 1 fully saturated rings.